The van der Waals surface area contributed by atoms with Crippen LogP contribution in [0.5, 0.6) is 5.75 Å². The summed E-state index contributed by atoms with van der Waals surface area (Å²) in [5.41, 5.74) is 5.64. The number of aromatic hydroxyl groups is 1. The number of anilines is 1. The number of amides is 4. The first-order valence-electron chi connectivity index (χ1n) is 15.9. The Morgan fingerprint density at radius 1 is 0.872 bits per heavy atom. The Bertz CT molecular complexity index is 1940. The van der Waals surface area contributed by atoms with Gasteiger partial charge in [0.05, 0.1) is 35.4 Å². The lowest BCUT2D eigenvalue weighted by Crippen LogP contribution is -2.53. The normalized spacial score (nSPS) is 28.2. The van der Waals surface area contributed by atoms with Crippen LogP contribution in [0.2, 0.25) is 0 Å². The van der Waals surface area contributed by atoms with Crippen molar-refractivity contribution in [3.63, 3.8) is 0 Å². The van der Waals surface area contributed by atoms with Gasteiger partial charge in [0.2, 0.25) is 11.8 Å². The molecule has 1 saturated carbocycles. The molecule has 236 valence electrons. The number of carbonyl (C=O) groups excluding carboxylic acids is 4. The van der Waals surface area contributed by atoms with E-state index in [0.717, 1.165) is 21.0 Å². The van der Waals surface area contributed by atoms with Crippen LogP contribution < -0.4 is 5.43 Å². The van der Waals surface area contributed by atoms with E-state index >= 15 is 4.79 Å². The van der Waals surface area contributed by atoms with E-state index in [2.05, 4.69) is 5.43 Å². The predicted molar refractivity (Wildman–Crippen MR) is 177 cm³/mol. The Hall–Kier alpha value is -5.02. The third-order valence-electron chi connectivity index (χ3n) is 10.6. The van der Waals surface area contributed by atoms with Crippen LogP contribution in [0.4, 0.5) is 5.69 Å². The number of carbonyl (C=O) groups is 4. The number of thiophene rings is 1. The minimum Gasteiger partial charge on any atom is -0.508 e. The van der Waals surface area contributed by atoms with Crippen molar-refractivity contribution in [2.24, 2.45) is 23.7 Å². The van der Waals surface area contributed by atoms with E-state index < -0.39 is 35.0 Å². The summed E-state index contributed by atoms with van der Waals surface area (Å²) < 4.78 is 0. The van der Waals surface area contributed by atoms with Gasteiger partial charge in [0.25, 0.3) is 11.8 Å². The first-order valence-corrected chi connectivity index (χ1v) is 16.8. The van der Waals surface area contributed by atoms with E-state index in [1.54, 1.807) is 18.2 Å². The van der Waals surface area contributed by atoms with Crippen LogP contribution in [-0.2, 0) is 31.1 Å². The molecule has 2 aliphatic heterocycles. The fourth-order valence-electron chi connectivity index (χ4n) is 8.61. The smallest absolute Gasteiger partial charge is 0.260 e. The highest BCUT2D eigenvalue weighted by atomic mass is 32.1. The molecule has 8 rings (SSSR count). The molecule has 2 N–H and O–H groups in total. The van der Waals surface area contributed by atoms with Crippen LogP contribution in [0.3, 0.4) is 0 Å². The second kappa shape index (κ2) is 11.1. The van der Waals surface area contributed by atoms with Gasteiger partial charge >= 0.3 is 0 Å². The van der Waals surface area contributed by atoms with Gasteiger partial charge in [0.1, 0.15) is 5.75 Å². The van der Waals surface area contributed by atoms with Crippen molar-refractivity contribution in [1.82, 2.24) is 9.91 Å². The highest BCUT2D eigenvalue weighted by Gasteiger charge is 2.70. The highest BCUT2D eigenvalue weighted by molar-refractivity contribution is 7.09. The molecule has 6 unspecified atom stereocenters. The average Bonchev–Trinajstić information content (AvgIpc) is 3.74. The summed E-state index contributed by atoms with van der Waals surface area (Å²) in [6, 6.07) is 27.6. The van der Waals surface area contributed by atoms with Gasteiger partial charge in [-0.2, -0.15) is 5.01 Å². The fraction of sp³-hybridized carbons (Fsp3) is 0.263. The standard InChI is InChI=1S/C38H33N3O5S/c1-22-12-14-25(15-13-22)39-41-35(44)31-20-30-28(16-17-29-32(30)36(45)40(34(29)43)21-27-11-6-18-47-27)33(23-7-5-10-26(42)19-23)38(31,37(41)46)24-8-3-2-4-9-24/h2-16,18-19,29-33,39,42H,17,20-21H2,1H3. The van der Waals surface area contributed by atoms with Crippen LogP contribution in [-0.4, -0.2) is 38.6 Å². The summed E-state index contributed by atoms with van der Waals surface area (Å²) in [4.78, 5) is 60.0. The summed E-state index contributed by atoms with van der Waals surface area (Å²) in [5.74, 6) is -4.25. The summed E-state index contributed by atoms with van der Waals surface area (Å²) >= 11 is 1.50. The fourth-order valence-corrected chi connectivity index (χ4v) is 9.30. The van der Waals surface area contributed by atoms with Crippen molar-refractivity contribution < 1.29 is 24.3 Å². The van der Waals surface area contributed by atoms with E-state index in [4.69, 9.17) is 0 Å². The van der Waals surface area contributed by atoms with Crippen LogP contribution in [0.1, 0.15) is 40.3 Å². The number of allylic oxidation sites excluding steroid dienone is 2. The highest BCUT2D eigenvalue weighted by Crippen LogP contribution is 2.64. The Morgan fingerprint density at radius 2 is 1.66 bits per heavy atom. The summed E-state index contributed by atoms with van der Waals surface area (Å²) in [7, 11) is 0. The van der Waals surface area contributed by atoms with Gasteiger partial charge in [-0.05, 0) is 72.5 Å². The lowest BCUT2D eigenvalue weighted by molar-refractivity contribution is -0.141. The molecule has 0 bridgehead atoms. The summed E-state index contributed by atoms with van der Waals surface area (Å²) in [6.07, 6.45) is 2.63. The molecule has 2 aliphatic carbocycles. The molecule has 8 nitrogen and oxygen atoms in total. The first-order chi connectivity index (χ1) is 22.8. The molecule has 0 spiro atoms. The third kappa shape index (κ3) is 4.40. The first kappa shape index (κ1) is 29.4. The van der Waals surface area contributed by atoms with E-state index in [-0.39, 0.29) is 42.3 Å². The van der Waals surface area contributed by atoms with Crippen molar-refractivity contribution in [3.05, 3.63) is 130 Å². The van der Waals surface area contributed by atoms with Crippen LogP contribution in [0, 0.1) is 30.6 Å². The van der Waals surface area contributed by atoms with Gasteiger partial charge in [0.15, 0.2) is 0 Å². The third-order valence-corrected chi connectivity index (χ3v) is 11.4. The van der Waals surface area contributed by atoms with Crippen molar-refractivity contribution in [2.45, 2.75) is 37.6 Å². The largest absolute Gasteiger partial charge is 0.508 e. The number of hydrazine groups is 1. The van der Waals surface area contributed by atoms with Crippen LogP contribution >= 0.6 is 11.3 Å². The second-order valence-corrected chi connectivity index (χ2v) is 14.1. The molecule has 4 amide bonds. The number of fused-ring (bicyclic) bond motifs is 4. The van der Waals surface area contributed by atoms with Gasteiger partial charge in [0, 0.05) is 10.8 Å². The van der Waals surface area contributed by atoms with E-state index in [9.17, 15) is 19.5 Å². The monoisotopic (exact) mass is 643 g/mol. The maximum absolute atomic E-state index is 15.1. The number of nitrogens with one attached hydrogen (secondary N) is 1. The number of nitrogens with zero attached hydrogens (tertiary/aromatic N) is 2. The van der Waals surface area contributed by atoms with E-state index in [1.807, 2.05) is 91.2 Å². The van der Waals surface area contributed by atoms with Crippen LogP contribution in [0.15, 0.2) is 108 Å². The number of likely N-dealkylation sites (tertiary alicyclic amines) is 1. The number of aryl methyl sites for hydroxylation is 1. The molecule has 4 aliphatic rings. The van der Waals surface area contributed by atoms with Crippen molar-refractivity contribution in [2.75, 3.05) is 5.43 Å². The maximum Gasteiger partial charge on any atom is 0.260 e. The zero-order valence-electron chi connectivity index (χ0n) is 25.7. The zero-order chi connectivity index (χ0) is 32.4. The quantitative estimate of drug-likeness (QED) is 0.199. The Kier molecular flexibility index (Phi) is 6.91. The number of hydrogen-bond acceptors (Lipinski definition) is 7. The minimum absolute atomic E-state index is 0.0410. The predicted octanol–water partition coefficient (Wildman–Crippen LogP) is 5.95. The van der Waals surface area contributed by atoms with Crippen molar-refractivity contribution in [3.8, 4) is 5.75 Å². The molecule has 2 saturated heterocycles. The SMILES string of the molecule is Cc1ccc(NN2C(=O)C3CC4C(=CCC5C(=O)N(Cc6cccs6)C(=O)C54)C(c4cccc(O)c4)C3(c3ccccc3)C2=O)cc1. The molecule has 47 heavy (non-hydrogen) atoms. The maximum atomic E-state index is 15.1. The molecule has 0 radical (unpaired) electrons. The van der Waals surface area contributed by atoms with Gasteiger partial charge in [-0.25, -0.2) is 0 Å². The van der Waals surface area contributed by atoms with Gasteiger partial charge in [-0.15, -0.1) is 11.3 Å². The number of phenolic OH excluding ortho intramolecular Hbond substituents is 1. The molecule has 9 heteroatoms. The molecule has 4 aromatic rings. The molecule has 1 aromatic heterocycles. The summed E-state index contributed by atoms with van der Waals surface area (Å²) in [5, 5.41) is 13.8. The van der Waals surface area contributed by atoms with Gasteiger partial charge in [-0.1, -0.05) is 77.9 Å². The van der Waals surface area contributed by atoms with Gasteiger partial charge in [-0.3, -0.25) is 29.5 Å². The molecule has 3 fully saturated rings. The Balaban J connectivity index is 1.29. The lowest BCUT2D eigenvalue weighted by atomic mass is 9.49. The lowest BCUT2D eigenvalue weighted by Gasteiger charge is -2.50. The molecule has 3 heterocycles. The average molecular weight is 644 g/mol. The van der Waals surface area contributed by atoms with Crippen molar-refractivity contribution in [1.29, 1.82) is 0 Å². The van der Waals surface area contributed by atoms with Crippen molar-refractivity contribution >= 4 is 40.7 Å². The number of phenols is 1. The molecule has 3 aromatic carbocycles. The number of benzene rings is 3. The van der Waals surface area contributed by atoms with E-state index in [1.165, 1.54) is 16.2 Å². The number of rotatable bonds is 6. The van der Waals surface area contributed by atoms with E-state index in [0.29, 0.717) is 23.2 Å². The number of imide groups is 2. The van der Waals surface area contributed by atoms with Crippen LogP contribution in [0.25, 0.3) is 0 Å². The topological polar surface area (TPSA) is 107 Å². The minimum atomic E-state index is -1.36. The van der Waals surface area contributed by atoms with Gasteiger partial charge < -0.3 is 5.11 Å². The summed E-state index contributed by atoms with van der Waals surface area (Å²) in [6.45, 7) is 2.19. The zero-order valence-corrected chi connectivity index (χ0v) is 26.5. The molecular weight excluding hydrogens is 611 g/mol. The Morgan fingerprint density at radius 3 is 2.38 bits per heavy atom. The number of hydrogen-bond donors (Lipinski definition) is 2. The second-order valence-electron chi connectivity index (χ2n) is 13.0. The Labute approximate surface area is 276 Å². The molecule has 6 atom stereocenters. The molecular formula is C38H33N3O5S.